The first-order valence-corrected chi connectivity index (χ1v) is 21.3. The van der Waals surface area contributed by atoms with Crippen LogP contribution < -0.4 is 21.2 Å². The zero-order valence-electron chi connectivity index (χ0n) is 34.7. The average molecular weight is 849 g/mol. The topological polar surface area (TPSA) is 235 Å². The standard InChI is InChI=1S/C43H52N12O7/c1-27-21-29(22-30-26-46-50-38(27)30)24-33(48-42(61)54-15-8-32(9-16-54)55-35-3-2-10-45-39(35)49-43(55)62)40(59)47-34(23-28-6-13-52(14-7-28)36(56)25-37(57)58)41(60)53-19-17-51(18-20-53)31-4-11-44-12-5-31/h2-5,10-12,21-22,26,28,32-34H,6-9,13-20,23-25H2,1H3,(H,46,50)(H,47,59)(H,48,61)(H,57,58)(H,45,49,62)/t33-,34+/m1/s1. The van der Waals surface area contributed by atoms with Crippen molar-refractivity contribution < 1.29 is 29.1 Å². The molecule has 3 fully saturated rings. The number of hydrogen-bond acceptors (Lipinski definition) is 10. The number of aliphatic carboxylic acids is 1. The van der Waals surface area contributed by atoms with Crippen LogP contribution in [0.25, 0.3) is 22.1 Å². The molecule has 0 radical (unpaired) electrons. The number of piperidine rings is 2. The predicted molar refractivity (Wildman–Crippen MR) is 228 cm³/mol. The van der Waals surface area contributed by atoms with Gasteiger partial charge in [-0.15, -0.1) is 0 Å². The SMILES string of the molecule is Cc1cc(C[C@@H](NC(=O)N2CCC(n3c(=O)[nH]c4ncccc43)CC2)C(=O)N[C@@H](CC2CCN(C(=O)CC(=O)O)CC2)C(=O)N2CCN(c3ccncc3)CC2)cc2cn[nH]c12. The van der Waals surface area contributed by atoms with Gasteiger partial charge in [0.05, 0.1) is 17.2 Å². The number of nitrogens with one attached hydrogen (secondary N) is 4. The molecule has 2 atom stereocenters. The van der Waals surface area contributed by atoms with Crippen molar-refractivity contribution in [2.24, 2.45) is 5.92 Å². The summed E-state index contributed by atoms with van der Waals surface area (Å²) >= 11 is 0. The molecule has 4 aromatic heterocycles. The van der Waals surface area contributed by atoms with Crippen molar-refractivity contribution in [1.29, 1.82) is 0 Å². The molecule has 0 aliphatic carbocycles. The molecule has 3 aliphatic heterocycles. The van der Waals surface area contributed by atoms with Gasteiger partial charge in [-0.25, -0.2) is 14.6 Å². The van der Waals surface area contributed by atoms with Crippen LogP contribution in [0.2, 0.25) is 0 Å². The Labute approximate surface area is 356 Å². The third-order valence-electron chi connectivity index (χ3n) is 12.5. The second-order valence-corrected chi connectivity index (χ2v) is 16.6. The number of aromatic amines is 2. The number of aromatic nitrogens is 6. The molecule has 7 heterocycles. The summed E-state index contributed by atoms with van der Waals surface area (Å²) in [6.07, 6.45) is 8.81. The summed E-state index contributed by atoms with van der Waals surface area (Å²) in [6.45, 7) is 5.43. The maximum Gasteiger partial charge on any atom is 0.327 e. The van der Waals surface area contributed by atoms with E-state index in [1.54, 1.807) is 50.1 Å². The van der Waals surface area contributed by atoms with E-state index in [2.05, 4.69) is 40.7 Å². The smallest absolute Gasteiger partial charge is 0.327 e. The van der Waals surface area contributed by atoms with E-state index >= 15 is 0 Å². The van der Waals surface area contributed by atoms with E-state index < -0.39 is 42.3 Å². The Kier molecular flexibility index (Phi) is 12.5. The number of aryl methyl sites for hydroxylation is 1. The Morgan fingerprint density at radius 1 is 0.855 bits per heavy atom. The Bertz CT molecular complexity index is 2480. The Morgan fingerprint density at radius 2 is 1.58 bits per heavy atom. The van der Waals surface area contributed by atoms with E-state index in [0.29, 0.717) is 95.6 Å². The number of anilines is 1. The number of carboxylic acids is 1. The highest BCUT2D eigenvalue weighted by atomic mass is 16.4. The number of hydrogen-bond donors (Lipinski definition) is 5. The second kappa shape index (κ2) is 18.4. The van der Waals surface area contributed by atoms with Crippen LogP contribution in [-0.4, -0.2) is 144 Å². The fourth-order valence-electron chi connectivity index (χ4n) is 9.21. The lowest BCUT2D eigenvalue weighted by atomic mass is 9.89. The third kappa shape index (κ3) is 9.40. The Hall–Kier alpha value is -6.79. The predicted octanol–water partition coefficient (Wildman–Crippen LogP) is 2.20. The van der Waals surface area contributed by atoms with Gasteiger partial charge < -0.3 is 35.3 Å². The normalized spacial score (nSPS) is 17.6. The Morgan fingerprint density at radius 3 is 2.31 bits per heavy atom. The van der Waals surface area contributed by atoms with Crippen molar-refractivity contribution in [3.8, 4) is 0 Å². The molecule has 326 valence electrons. The molecule has 3 saturated heterocycles. The van der Waals surface area contributed by atoms with Crippen molar-refractivity contribution in [3.05, 3.63) is 82.8 Å². The van der Waals surface area contributed by atoms with Gasteiger partial charge in [-0.05, 0) is 86.4 Å². The molecule has 0 spiro atoms. The molecule has 5 aromatic rings. The summed E-state index contributed by atoms with van der Waals surface area (Å²) < 4.78 is 1.70. The number of carboxylic acid groups (broad SMARTS) is 1. The van der Waals surface area contributed by atoms with Crippen LogP contribution in [0.1, 0.15) is 55.7 Å². The second-order valence-electron chi connectivity index (χ2n) is 16.6. The van der Waals surface area contributed by atoms with Gasteiger partial charge in [0.25, 0.3) is 0 Å². The number of amides is 5. The van der Waals surface area contributed by atoms with E-state index in [1.165, 1.54) is 0 Å². The van der Waals surface area contributed by atoms with Crippen molar-refractivity contribution in [2.75, 3.05) is 57.3 Å². The van der Waals surface area contributed by atoms with E-state index in [9.17, 15) is 28.8 Å². The highest BCUT2D eigenvalue weighted by molar-refractivity contribution is 5.94. The number of pyridine rings is 2. The van der Waals surface area contributed by atoms with Gasteiger partial charge in [-0.1, -0.05) is 6.07 Å². The molecule has 8 rings (SSSR count). The van der Waals surface area contributed by atoms with Crippen molar-refractivity contribution in [2.45, 2.75) is 70.0 Å². The average Bonchev–Trinajstić information content (AvgIpc) is 3.90. The molecule has 62 heavy (non-hydrogen) atoms. The van der Waals surface area contributed by atoms with E-state index in [-0.39, 0.29) is 30.0 Å². The van der Waals surface area contributed by atoms with Crippen LogP contribution in [0.3, 0.4) is 0 Å². The largest absolute Gasteiger partial charge is 0.481 e. The molecular formula is C43H52N12O7. The monoisotopic (exact) mass is 848 g/mol. The molecule has 1 aromatic carbocycles. The van der Waals surface area contributed by atoms with Gasteiger partial charge >= 0.3 is 17.7 Å². The van der Waals surface area contributed by atoms with Crippen LogP contribution in [0.4, 0.5) is 10.5 Å². The zero-order valence-corrected chi connectivity index (χ0v) is 34.7. The minimum Gasteiger partial charge on any atom is -0.481 e. The minimum atomic E-state index is -1.18. The summed E-state index contributed by atoms with van der Waals surface area (Å²) in [5.41, 5.74) is 4.58. The summed E-state index contributed by atoms with van der Waals surface area (Å²) in [4.78, 5) is 98.2. The lowest BCUT2D eigenvalue weighted by molar-refractivity contribution is -0.145. The van der Waals surface area contributed by atoms with Gasteiger partial charge in [0.15, 0.2) is 5.65 Å². The molecule has 19 heteroatoms. The van der Waals surface area contributed by atoms with Crippen LogP contribution in [-0.2, 0) is 25.6 Å². The maximum absolute atomic E-state index is 14.7. The van der Waals surface area contributed by atoms with Crippen molar-refractivity contribution in [3.63, 3.8) is 0 Å². The number of benzene rings is 1. The van der Waals surface area contributed by atoms with E-state index in [4.69, 9.17) is 5.11 Å². The molecule has 0 unspecified atom stereocenters. The number of likely N-dealkylation sites (tertiary alicyclic amines) is 2. The number of fused-ring (bicyclic) bond motifs is 2. The highest BCUT2D eigenvalue weighted by Gasteiger charge is 2.36. The molecule has 3 aliphatic rings. The number of urea groups is 1. The van der Waals surface area contributed by atoms with Gasteiger partial charge in [-0.3, -0.25) is 38.8 Å². The number of H-pyrrole nitrogens is 2. The maximum atomic E-state index is 14.7. The number of nitrogens with zero attached hydrogens (tertiary/aromatic N) is 8. The summed E-state index contributed by atoms with van der Waals surface area (Å²) in [7, 11) is 0. The number of rotatable bonds is 12. The van der Waals surface area contributed by atoms with Crippen LogP contribution >= 0.6 is 0 Å². The van der Waals surface area contributed by atoms with Gasteiger partial charge in [-0.2, -0.15) is 5.10 Å². The summed E-state index contributed by atoms with van der Waals surface area (Å²) in [5, 5.41) is 23.3. The van der Waals surface area contributed by atoms with Crippen LogP contribution in [0, 0.1) is 12.8 Å². The first-order chi connectivity index (χ1) is 30.0. The number of carbonyl (C=O) groups excluding carboxylic acids is 4. The van der Waals surface area contributed by atoms with Gasteiger partial charge in [0.1, 0.15) is 18.5 Å². The number of imidazole rings is 1. The van der Waals surface area contributed by atoms with Crippen LogP contribution in [0.5, 0.6) is 0 Å². The minimum absolute atomic E-state index is 0.0304. The first-order valence-electron chi connectivity index (χ1n) is 21.3. The molecule has 0 saturated carbocycles. The third-order valence-corrected chi connectivity index (χ3v) is 12.5. The highest BCUT2D eigenvalue weighted by Crippen LogP contribution is 2.27. The number of piperazine rings is 1. The van der Waals surface area contributed by atoms with Gasteiger partial charge in [0, 0.05) is 94.5 Å². The fourth-order valence-corrected chi connectivity index (χ4v) is 9.21. The summed E-state index contributed by atoms with van der Waals surface area (Å²) in [6, 6.07) is 8.83. The lowest BCUT2D eigenvalue weighted by Crippen LogP contribution is -2.59. The van der Waals surface area contributed by atoms with Crippen molar-refractivity contribution in [1.82, 2.24) is 55.0 Å². The molecule has 0 bridgehead atoms. The van der Waals surface area contributed by atoms with E-state index in [1.807, 2.05) is 37.3 Å². The van der Waals surface area contributed by atoms with Crippen molar-refractivity contribution >= 4 is 57.5 Å². The molecule has 5 amide bonds. The molecular weight excluding hydrogens is 797 g/mol. The first kappa shape index (κ1) is 41.9. The van der Waals surface area contributed by atoms with Crippen LogP contribution in [0.15, 0.2) is 66.0 Å². The van der Waals surface area contributed by atoms with E-state index in [0.717, 1.165) is 27.7 Å². The zero-order chi connectivity index (χ0) is 43.3. The van der Waals surface area contributed by atoms with Gasteiger partial charge in [0.2, 0.25) is 17.7 Å². The molecule has 19 nitrogen and oxygen atoms in total. The summed E-state index contributed by atoms with van der Waals surface area (Å²) in [5.74, 6) is -2.38. The fraction of sp³-hybridized carbons (Fsp3) is 0.465. The Balaban J connectivity index is 0.995. The lowest BCUT2D eigenvalue weighted by Gasteiger charge is -2.39. The quantitative estimate of drug-likeness (QED) is 0.114. The number of carbonyl (C=O) groups is 5. The molecule has 5 N–H and O–H groups in total.